The van der Waals surface area contributed by atoms with E-state index < -0.39 is 11.9 Å². The van der Waals surface area contributed by atoms with Gasteiger partial charge in [0, 0.05) is 18.1 Å². The van der Waals surface area contributed by atoms with Gasteiger partial charge in [0.2, 0.25) is 0 Å². The Balaban J connectivity index is 2.50. The average molecular weight is 276 g/mol. The monoisotopic (exact) mass is 275 g/mol. The van der Waals surface area contributed by atoms with Gasteiger partial charge < -0.3 is 5.32 Å². The SMILES string of the molecule is CNc1cc(C(F)(F)F)nn1-c1ccc(Cl)cc1. The van der Waals surface area contributed by atoms with Crippen molar-refractivity contribution in [1.29, 1.82) is 0 Å². The first-order valence-electron chi connectivity index (χ1n) is 5.03. The largest absolute Gasteiger partial charge is 0.435 e. The van der Waals surface area contributed by atoms with Crippen LogP contribution in [0.5, 0.6) is 0 Å². The first-order chi connectivity index (χ1) is 8.41. The van der Waals surface area contributed by atoms with Crippen LogP contribution in [0.4, 0.5) is 19.0 Å². The van der Waals surface area contributed by atoms with Crippen LogP contribution in [-0.4, -0.2) is 16.8 Å². The summed E-state index contributed by atoms with van der Waals surface area (Å²) in [5, 5.41) is 6.71. The maximum absolute atomic E-state index is 12.6. The molecule has 0 aliphatic rings. The molecule has 0 saturated carbocycles. The van der Waals surface area contributed by atoms with E-state index in [0.717, 1.165) is 6.07 Å². The Bertz CT molecular complexity index is 546. The van der Waals surface area contributed by atoms with E-state index in [1.807, 2.05) is 0 Å². The molecule has 2 aromatic rings. The van der Waals surface area contributed by atoms with E-state index in [1.165, 1.54) is 11.7 Å². The summed E-state index contributed by atoms with van der Waals surface area (Å²) < 4.78 is 38.9. The third-order valence-electron chi connectivity index (χ3n) is 2.33. The Morgan fingerprint density at radius 1 is 1.22 bits per heavy atom. The van der Waals surface area contributed by atoms with E-state index in [0.29, 0.717) is 10.7 Å². The standard InChI is InChI=1S/C11H9ClF3N3/c1-16-10-6-9(11(13,14)15)17-18(10)8-4-2-7(12)3-5-8/h2-6,16H,1H3. The lowest BCUT2D eigenvalue weighted by Gasteiger charge is -2.06. The second kappa shape index (κ2) is 4.53. The number of nitrogens with one attached hydrogen (secondary N) is 1. The summed E-state index contributed by atoms with van der Waals surface area (Å²) in [6, 6.07) is 7.32. The molecule has 96 valence electrons. The Kier molecular flexibility index (Phi) is 3.21. The summed E-state index contributed by atoms with van der Waals surface area (Å²) in [5.41, 5.74) is -0.443. The zero-order valence-corrected chi connectivity index (χ0v) is 10.0. The lowest BCUT2D eigenvalue weighted by atomic mass is 10.3. The van der Waals surface area contributed by atoms with E-state index in [4.69, 9.17) is 11.6 Å². The molecule has 0 atom stereocenters. The first kappa shape index (κ1) is 12.8. The van der Waals surface area contributed by atoms with Crippen molar-refractivity contribution in [2.45, 2.75) is 6.18 Å². The molecule has 0 unspecified atom stereocenters. The van der Waals surface area contributed by atoms with Crippen molar-refractivity contribution in [3.63, 3.8) is 0 Å². The highest BCUT2D eigenvalue weighted by atomic mass is 35.5. The molecule has 18 heavy (non-hydrogen) atoms. The summed E-state index contributed by atoms with van der Waals surface area (Å²) in [4.78, 5) is 0. The van der Waals surface area contributed by atoms with Crippen LogP contribution in [-0.2, 0) is 6.18 Å². The maximum atomic E-state index is 12.6. The number of hydrogen-bond acceptors (Lipinski definition) is 2. The van der Waals surface area contributed by atoms with Crippen LogP contribution in [0, 0.1) is 0 Å². The minimum Gasteiger partial charge on any atom is -0.373 e. The lowest BCUT2D eigenvalue weighted by molar-refractivity contribution is -0.141. The van der Waals surface area contributed by atoms with Gasteiger partial charge in [0.1, 0.15) is 5.82 Å². The first-order valence-corrected chi connectivity index (χ1v) is 5.40. The molecule has 1 aromatic heterocycles. The van der Waals surface area contributed by atoms with Crippen molar-refractivity contribution < 1.29 is 13.2 Å². The highest BCUT2D eigenvalue weighted by Crippen LogP contribution is 2.31. The van der Waals surface area contributed by atoms with Crippen LogP contribution in [0.15, 0.2) is 30.3 Å². The molecule has 1 heterocycles. The number of hydrogen-bond donors (Lipinski definition) is 1. The molecule has 3 nitrogen and oxygen atoms in total. The number of benzene rings is 1. The van der Waals surface area contributed by atoms with E-state index in [-0.39, 0.29) is 5.82 Å². The molecule has 7 heteroatoms. The maximum Gasteiger partial charge on any atom is 0.435 e. The van der Waals surface area contributed by atoms with Crippen molar-refractivity contribution in [1.82, 2.24) is 9.78 Å². The average Bonchev–Trinajstić information content (AvgIpc) is 2.73. The van der Waals surface area contributed by atoms with Gasteiger partial charge in [-0.05, 0) is 24.3 Å². The normalized spacial score (nSPS) is 11.6. The Labute approximate surface area is 106 Å². The van der Waals surface area contributed by atoms with Gasteiger partial charge in [0.15, 0.2) is 5.69 Å². The molecule has 0 saturated heterocycles. The summed E-state index contributed by atoms with van der Waals surface area (Å²) in [6.45, 7) is 0. The molecule has 2 rings (SSSR count). The van der Waals surface area contributed by atoms with Crippen LogP contribution in [0.1, 0.15) is 5.69 Å². The van der Waals surface area contributed by atoms with Gasteiger partial charge >= 0.3 is 6.18 Å². The predicted molar refractivity (Wildman–Crippen MR) is 63.1 cm³/mol. The van der Waals surface area contributed by atoms with Crippen LogP contribution >= 0.6 is 11.6 Å². The van der Waals surface area contributed by atoms with E-state index in [2.05, 4.69) is 10.4 Å². The van der Waals surface area contributed by atoms with Gasteiger partial charge in [-0.1, -0.05) is 11.6 Å². The highest BCUT2D eigenvalue weighted by Gasteiger charge is 2.35. The molecule has 0 fully saturated rings. The molecular formula is C11H9ClF3N3. The predicted octanol–water partition coefficient (Wildman–Crippen LogP) is 3.59. The topological polar surface area (TPSA) is 29.9 Å². The zero-order valence-electron chi connectivity index (χ0n) is 9.29. The third-order valence-corrected chi connectivity index (χ3v) is 2.58. The van der Waals surface area contributed by atoms with Crippen LogP contribution in [0.2, 0.25) is 5.02 Å². The Morgan fingerprint density at radius 3 is 2.33 bits per heavy atom. The minimum absolute atomic E-state index is 0.254. The molecule has 0 aliphatic carbocycles. The number of rotatable bonds is 2. The van der Waals surface area contributed by atoms with E-state index in [1.54, 1.807) is 24.3 Å². The minimum atomic E-state index is -4.47. The fourth-order valence-electron chi connectivity index (χ4n) is 1.48. The van der Waals surface area contributed by atoms with Crippen molar-refractivity contribution >= 4 is 17.4 Å². The second-order valence-corrected chi connectivity index (χ2v) is 3.99. The second-order valence-electron chi connectivity index (χ2n) is 3.55. The van der Waals surface area contributed by atoms with Crippen LogP contribution in [0.3, 0.4) is 0 Å². The van der Waals surface area contributed by atoms with E-state index in [9.17, 15) is 13.2 Å². The highest BCUT2D eigenvalue weighted by molar-refractivity contribution is 6.30. The van der Waals surface area contributed by atoms with Gasteiger partial charge in [-0.15, -0.1) is 0 Å². The summed E-state index contributed by atoms with van der Waals surface area (Å²) in [5.74, 6) is 0.254. The number of nitrogens with zero attached hydrogens (tertiary/aromatic N) is 2. The molecule has 0 amide bonds. The molecule has 1 aromatic carbocycles. The molecule has 1 N–H and O–H groups in total. The van der Waals surface area contributed by atoms with Gasteiger partial charge in [-0.25, -0.2) is 4.68 Å². The van der Waals surface area contributed by atoms with Crippen molar-refractivity contribution in [3.8, 4) is 5.69 Å². The summed E-state index contributed by atoms with van der Waals surface area (Å²) in [7, 11) is 1.53. The van der Waals surface area contributed by atoms with Gasteiger partial charge in [-0.3, -0.25) is 0 Å². The fraction of sp³-hybridized carbons (Fsp3) is 0.182. The summed E-state index contributed by atoms with van der Waals surface area (Å²) in [6.07, 6.45) is -4.47. The lowest BCUT2D eigenvalue weighted by Crippen LogP contribution is -2.07. The number of halogens is 4. The molecule has 0 radical (unpaired) electrons. The smallest absolute Gasteiger partial charge is 0.373 e. The van der Waals surface area contributed by atoms with Gasteiger partial charge in [0.25, 0.3) is 0 Å². The number of alkyl halides is 3. The quantitative estimate of drug-likeness (QED) is 0.908. The van der Waals surface area contributed by atoms with Gasteiger partial charge in [-0.2, -0.15) is 18.3 Å². The van der Waals surface area contributed by atoms with Crippen LogP contribution < -0.4 is 5.32 Å². The van der Waals surface area contributed by atoms with Crippen molar-refractivity contribution in [2.24, 2.45) is 0 Å². The summed E-state index contributed by atoms with van der Waals surface area (Å²) >= 11 is 5.73. The van der Waals surface area contributed by atoms with Crippen molar-refractivity contribution in [3.05, 3.63) is 41.0 Å². The van der Waals surface area contributed by atoms with Crippen LogP contribution in [0.25, 0.3) is 5.69 Å². The molecule has 0 spiro atoms. The number of anilines is 1. The van der Waals surface area contributed by atoms with E-state index >= 15 is 0 Å². The Hall–Kier alpha value is -1.69. The van der Waals surface area contributed by atoms with Crippen molar-refractivity contribution in [2.75, 3.05) is 12.4 Å². The third kappa shape index (κ3) is 2.43. The van der Waals surface area contributed by atoms with Gasteiger partial charge in [0.05, 0.1) is 5.69 Å². The zero-order chi connectivity index (χ0) is 13.3. The fourth-order valence-corrected chi connectivity index (χ4v) is 1.60. The molecule has 0 aliphatic heterocycles. The number of aromatic nitrogens is 2. The Morgan fingerprint density at radius 2 is 1.83 bits per heavy atom. The molecular weight excluding hydrogens is 267 g/mol. The molecule has 0 bridgehead atoms.